The van der Waals surface area contributed by atoms with Gasteiger partial charge in [-0.25, -0.2) is 4.98 Å². The molecule has 3 rings (SSSR count). The zero-order chi connectivity index (χ0) is 12.5. The first-order chi connectivity index (χ1) is 8.74. The molecule has 0 saturated carbocycles. The number of nitrogens with zero attached hydrogens (tertiary/aromatic N) is 1. The van der Waals surface area contributed by atoms with Crippen LogP contribution in [0.2, 0.25) is 10.2 Å². The summed E-state index contributed by atoms with van der Waals surface area (Å²) in [6.07, 6.45) is 0. The Morgan fingerprint density at radius 3 is 2.33 bits per heavy atom. The van der Waals surface area contributed by atoms with E-state index in [4.69, 9.17) is 23.2 Å². The average molecular weight is 274 g/mol. The summed E-state index contributed by atoms with van der Waals surface area (Å²) in [6.45, 7) is 0. The molecule has 18 heavy (non-hydrogen) atoms. The van der Waals surface area contributed by atoms with Crippen LogP contribution >= 0.6 is 23.2 Å². The zero-order valence-electron chi connectivity index (χ0n) is 9.40. The molecule has 0 spiro atoms. The van der Waals surface area contributed by atoms with E-state index in [0.717, 1.165) is 22.0 Å². The van der Waals surface area contributed by atoms with Crippen molar-refractivity contribution in [1.82, 2.24) is 4.98 Å². The first kappa shape index (κ1) is 11.5. The van der Waals surface area contributed by atoms with E-state index in [2.05, 4.69) is 4.98 Å². The lowest BCUT2D eigenvalue weighted by Gasteiger charge is -2.05. The smallest absolute Gasteiger partial charge is 0.137 e. The normalized spacial score (nSPS) is 10.8. The SMILES string of the molecule is Clc1ccc(-c2cc3ccccc3c(Cl)n2)cc1. The van der Waals surface area contributed by atoms with Gasteiger partial charge in [-0.1, -0.05) is 59.6 Å². The zero-order valence-corrected chi connectivity index (χ0v) is 10.9. The van der Waals surface area contributed by atoms with Gasteiger partial charge < -0.3 is 0 Å². The number of benzene rings is 2. The highest BCUT2D eigenvalue weighted by atomic mass is 35.5. The molecule has 88 valence electrons. The van der Waals surface area contributed by atoms with Crippen LogP contribution in [0.15, 0.2) is 54.6 Å². The van der Waals surface area contributed by atoms with Gasteiger partial charge in [-0.05, 0) is 23.6 Å². The molecule has 0 N–H and O–H groups in total. The average Bonchev–Trinajstić information content (AvgIpc) is 2.39. The fourth-order valence-corrected chi connectivity index (χ4v) is 2.31. The Hall–Kier alpha value is -1.57. The maximum atomic E-state index is 6.21. The number of hydrogen-bond donors (Lipinski definition) is 0. The fraction of sp³-hybridized carbons (Fsp3) is 0. The molecule has 1 aromatic heterocycles. The van der Waals surface area contributed by atoms with Crippen molar-refractivity contribution in [1.29, 1.82) is 0 Å². The highest BCUT2D eigenvalue weighted by molar-refractivity contribution is 6.34. The summed E-state index contributed by atoms with van der Waals surface area (Å²) in [4.78, 5) is 4.42. The molecule has 0 aliphatic carbocycles. The van der Waals surface area contributed by atoms with Crippen LogP contribution in [0, 0.1) is 0 Å². The van der Waals surface area contributed by atoms with Crippen LogP contribution in [0.4, 0.5) is 0 Å². The molecule has 2 aromatic carbocycles. The Morgan fingerprint density at radius 1 is 0.833 bits per heavy atom. The molecule has 1 heterocycles. The van der Waals surface area contributed by atoms with Crippen LogP contribution in [0.1, 0.15) is 0 Å². The molecule has 3 aromatic rings. The van der Waals surface area contributed by atoms with E-state index in [9.17, 15) is 0 Å². The minimum atomic E-state index is 0.526. The molecule has 0 fully saturated rings. The van der Waals surface area contributed by atoms with Crippen molar-refractivity contribution in [3.05, 3.63) is 64.8 Å². The van der Waals surface area contributed by atoms with Gasteiger partial charge in [0.15, 0.2) is 0 Å². The van der Waals surface area contributed by atoms with Crippen LogP contribution in [-0.4, -0.2) is 4.98 Å². The fourth-order valence-electron chi connectivity index (χ4n) is 1.92. The van der Waals surface area contributed by atoms with E-state index in [1.165, 1.54) is 0 Å². The number of rotatable bonds is 1. The standard InChI is InChI=1S/C15H9Cl2N/c16-12-7-5-10(6-8-12)14-9-11-3-1-2-4-13(11)15(17)18-14/h1-9H. The molecule has 0 aliphatic rings. The van der Waals surface area contributed by atoms with Crippen LogP contribution in [0.5, 0.6) is 0 Å². The van der Waals surface area contributed by atoms with Crippen molar-refractivity contribution in [2.75, 3.05) is 0 Å². The van der Waals surface area contributed by atoms with Crippen molar-refractivity contribution in [2.45, 2.75) is 0 Å². The number of fused-ring (bicyclic) bond motifs is 1. The monoisotopic (exact) mass is 273 g/mol. The molecule has 0 amide bonds. The Bertz CT molecular complexity index is 705. The van der Waals surface area contributed by atoms with Crippen LogP contribution in [-0.2, 0) is 0 Å². The molecule has 3 heteroatoms. The topological polar surface area (TPSA) is 12.9 Å². The number of pyridine rings is 1. The van der Waals surface area contributed by atoms with Crippen molar-refractivity contribution in [3.8, 4) is 11.3 Å². The summed E-state index contributed by atoms with van der Waals surface area (Å²) >= 11 is 12.1. The third kappa shape index (κ3) is 2.07. The molecular formula is C15H9Cl2N. The number of halogens is 2. The highest BCUT2D eigenvalue weighted by Gasteiger charge is 2.05. The van der Waals surface area contributed by atoms with Gasteiger partial charge in [0.25, 0.3) is 0 Å². The van der Waals surface area contributed by atoms with Crippen molar-refractivity contribution < 1.29 is 0 Å². The first-order valence-corrected chi connectivity index (χ1v) is 6.31. The summed E-state index contributed by atoms with van der Waals surface area (Å²) in [5.74, 6) is 0. The van der Waals surface area contributed by atoms with E-state index >= 15 is 0 Å². The van der Waals surface area contributed by atoms with Gasteiger partial charge in [0.05, 0.1) is 5.69 Å². The summed E-state index contributed by atoms with van der Waals surface area (Å²) in [5, 5.41) is 3.29. The van der Waals surface area contributed by atoms with Gasteiger partial charge in [-0.2, -0.15) is 0 Å². The summed E-state index contributed by atoms with van der Waals surface area (Å²) < 4.78 is 0. The van der Waals surface area contributed by atoms with E-state index in [1.54, 1.807) is 0 Å². The molecule has 0 unspecified atom stereocenters. The number of hydrogen-bond acceptors (Lipinski definition) is 1. The first-order valence-electron chi connectivity index (χ1n) is 5.55. The quantitative estimate of drug-likeness (QED) is 0.555. The molecule has 0 radical (unpaired) electrons. The number of aromatic nitrogens is 1. The lowest BCUT2D eigenvalue weighted by atomic mass is 10.1. The third-order valence-corrected chi connectivity index (χ3v) is 3.37. The van der Waals surface area contributed by atoms with Crippen molar-refractivity contribution in [3.63, 3.8) is 0 Å². The van der Waals surface area contributed by atoms with Crippen LogP contribution in [0.3, 0.4) is 0 Å². The van der Waals surface area contributed by atoms with Crippen molar-refractivity contribution >= 4 is 34.0 Å². The molecule has 0 atom stereocenters. The largest absolute Gasteiger partial charge is 0.235 e. The second-order valence-electron chi connectivity index (χ2n) is 4.03. The molecule has 0 aliphatic heterocycles. The van der Waals surface area contributed by atoms with Gasteiger partial charge >= 0.3 is 0 Å². The predicted molar refractivity (Wildman–Crippen MR) is 77.2 cm³/mol. The maximum Gasteiger partial charge on any atom is 0.137 e. The lowest BCUT2D eigenvalue weighted by molar-refractivity contribution is 1.36. The predicted octanol–water partition coefficient (Wildman–Crippen LogP) is 5.21. The van der Waals surface area contributed by atoms with Crippen LogP contribution < -0.4 is 0 Å². The van der Waals surface area contributed by atoms with Gasteiger partial charge in [-0.3, -0.25) is 0 Å². The molecule has 0 saturated heterocycles. The summed E-state index contributed by atoms with van der Waals surface area (Å²) in [7, 11) is 0. The summed E-state index contributed by atoms with van der Waals surface area (Å²) in [5.41, 5.74) is 1.86. The second kappa shape index (κ2) is 4.60. The van der Waals surface area contributed by atoms with E-state index in [0.29, 0.717) is 10.2 Å². The van der Waals surface area contributed by atoms with Crippen molar-refractivity contribution in [2.24, 2.45) is 0 Å². The Morgan fingerprint density at radius 2 is 1.56 bits per heavy atom. The maximum absolute atomic E-state index is 6.21. The molecule has 1 nitrogen and oxygen atoms in total. The Kier molecular flexibility index (Phi) is 2.94. The minimum Gasteiger partial charge on any atom is -0.235 e. The summed E-state index contributed by atoms with van der Waals surface area (Å²) in [6, 6.07) is 17.6. The Balaban J connectivity index is 2.21. The Labute approximate surface area is 115 Å². The van der Waals surface area contributed by atoms with E-state index in [-0.39, 0.29) is 0 Å². The highest BCUT2D eigenvalue weighted by Crippen LogP contribution is 2.28. The van der Waals surface area contributed by atoms with E-state index in [1.807, 2.05) is 54.6 Å². The van der Waals surface area contributed by atoms with E-state index < -0.39 is 0 Å². The van der Waals surface area contributed by atoms with Gasteiger partial charge in [-0.15, -0.1) is 0 Å². The lowest BCUT2D eigenvalue weighted by Crippen LogP contribution is -1.86. The van der Waals surface area contributed by atoms with Gasteiger partial charge in [0.2, 0.25) is 0 Å². The van der Waals surface area contributed by atoms with Gasteiger partial charge in [0.1, 0.15) is 5.15 Å². The molecular weight excluding hydrogens is 265 g/mol. The van der Waals surface area contributed by atoms with Gasteiger partial charge in [0, 0.05) is 16.0 Å². The molecule has 0 bridgehead atoms. The third-order valence-electron chi connectivity index (χ3n) is 2.83. The minimum absolute atomic E-state index is 0.526. The van der Waals surface area contributed by atoms with Crippen LogP contribution in [0.25, 0.3) is 22.0 Å². The second-order valence-corrected chi connectivity index (χ2v) is 4.82.